The minimum Gasteiger partial charge on any atom is -0.497 e. The van der Waals surface area contributed by atoms with Crippen molar-refractivity contribution in [2.45, 2.75) is 12.7 Å². The monoisotopic (exact) mass is 536 g/mol. The molecule has 6 nitrogen and oxygen atoms in total. The number of hydrogen-bond donors (Lipinski definition) is 0. The quantitative estimate of drug-likeness (QED) is 0.393. The van der Waals surface area contributed by atoms with Crippen LogP contribution in [-0.2, 0) is 12.7 Å². The highest BCUT2D eigenvalue weighted by Crippen LogP contribution is 2.43. The number of ether oxygens (including phenoxy) is 2. The number of methoxy groups -OCH3 is 2. The molecular formula is C25H24ClF3N4O2S. The second-order valence-corrected chi connectivity index (χ2v) is 10.2. The summed E-state index contributed by atoms with van der Waals surface area (Å²) in [5, 5.41) is 0. The molecule has 1 fully saturated rings. The summed E-state index contributed by atoms with van der Waals surface area (Å²) in [6.07, 6.45) is -4.48. The van der Waals surface area contributed by atoms with Crippen LogP contribution in [0.2, 0.25) is 4.34 Å². The van der Waals surface area contributed by atoms with E-state index in [2.05, 4.69) is 9.80 Å². The maximum Gasteiger partial charge on any atom is 0.416 e. The van der Waals surface area contributed by atoms with Gasteiger partial charge in [-0.15, -0.1) is 11.3 Å². The minimum absolute atomic E-state index is 0.316. The zero-order valence-electron chi connectivity index (χ0n) is 19.7. The number of anilines is 2. The van der Waals surface area contributed by atoms with Crippen LogP contribution in [0.5, 0.6) is 11.5 Å². The molecule has 0 N–H and O–H groups in total. The number of aliphatic imine (C=N–C) groups is 1. The van der Waals surface area contributed by atoms with Crippen molar-refractivity contribution in [3.8, 4) is 11.5 Å². The van der Waals surface area contributed by atoms with Crippen molar-refractivity contribution in [2.75, 3.05) is 50.2 Å². The highest BCUT2D eigenvalue weighted by atomic mass is 35.5. The summed E-state index contributed by atoms with van der Waals surface area (Å²) in [5.41, 5.74) is 1.38. The van der Waals surface area contributed by atoms with E-state index in [4.69, 9.17) is 26.1 Å². The van der Waals surface area contributed by atoms with E-state index in [1.165, 1.54) is 24.5 Å². The van der Waals surface area contributed by atoms with E-state index < -0.39 is 11.7 Å². The van der Waals surface area contributed by atoms with Crippen LogP contribution in [0.3, 0.4) is 0 Å². The third-order valence-corrected chi connectivity index (χ3v) is 7.54. The molecular weight excluding hydrogens is 513 g/mol. The normalized spacial score (nSPS) is 16.1. The molecule has 1 aromatic heterocycles. The summed E-state index contributed by atoms with van der Waals surface area (Å²) in [6, 6.07) is 13.2. The molecule has 36 heavy (non-hydrogen) atoms. The van der Waals surface area contributed by atoms with Gasteiger partial charge in [0, 0.05) is 37.9 Å². The molecule has 0 saturated carbocycles. The standard InChI is InChI=1S/C25H24ClF3N4O2S/c1-34-18-5-3-4-17(13-18)31-8-10-32(11-9-31)24-30-19-14-23(26)36-22(19)15-33(24)20-12-16(25(27,28)29)6-7-21(20)35-2/h3-7,12-14H,8-11,15H2,1-2H3. The first-order valence-electron chi connectivity index (χ1n) is 11.3. The Morgan fingerprint density at radius 3 is 2.39 bits per heavy atom. The van der Waals surface area contributed by atoms with E-state index in [0.29, 0.717) is 41.4 Å². The van der Waals surface area contributed by atoms with Crippen molar-refractivity contribution in [2.24, 2.45) is 4.99 Å². The van der Waals surface area contributed by atoms with Crippen LogP contribution in [0.15, 0.2) is 53.5 Å². The highest BCUT2D eigenvalue weighted by Gasteiger charge is 2.35. The molecule has 0 amide bonds. The molecule has 0 spiro atoms. The van der Waals surface area contributed by atoms with Gasteiger partial charge < -0.3 is 24.2 Å². The zero-order valence-corrected chi connectivity index (χ0v) is 21.3. The molecule has 0 radical (unpaired) electrons. The van der Waals surface area contributed by atoms with Crippen LogP contribution in [0.4, 0.5) is 30.2 Å². The van der Waals surface area contributed by atoms with Crippen molar-refractivity contribution in [3.63, 3.8) is 0 Å². The Balaban J connectivity index is 1.47. The van der Waals surface area contributed by atoms with Gasteiger partial charge in [-0.3, -0.25) is 0 Å². The first kappa shape index (κ1) is 24.6. The van der Waals surface area contributed by atoms with Crippen LogP contribution < -0.4 is 19.3 Å². The number of guanidine groups is 1. The fourth-order valence-corrected chi connectivity index (χ4v) is 5.65. The SMILES string of the molecule is COc1cccc(N2CCN(C3=Nc4cc(Cl)sc4CN3c3cc(C(F)(F)F)ccc3OC)CC2)c1. The maximum absolute atomic E-state index is 13.6. The van der Waals surface area contributed by atoms with Gasteiger partial charge in [0.2, 0.25) is 5.96 Å². The number of benzene rings is 2. The Bertz CT molecular complexity index is 1290. The summed E-state index contributed by atoms with van der Waals surface area (Å²) >= 11 is 7.64. The van der Waals surface area contributed by atoms with Gasteiger partial charge in [-0.05, 0) is 36.4 Å². The summed E-state index contributed by atoms with van der Waals surface area (Å²) in [7, 11) is 3.09. The van der Waals surface area contributed by atoms with E-state index in [1.807, 2.05) is 24.3 Å². The second kappa shape index (κ2) is 9.74. The molecule has 5 rings (SSSR count). The molecule has 1 saturated heterocycles. The first-order valence-corrected chi connectivity index (χ1v) is 12.5. The molecule has 0 unspecified atom stereocenters. The van der Waals surface area contributed by atoms with E-state index in [9.17, 15) is 13.2 Å². The van der Waals surface area contributed by atoms with Crippen molar-refractivity contribution in [3.05, 3.63) is 63.3 Å². The Labute approximate surface area is 216 Å². The largest absolute Gasteiger partial charge is 0.497 e. The fraction of sp³-hybridized carbons (Fsp3) is 0.320. The van der Waals surface area contributed by atoms with Gasteiger partial charge in [0.15, 0.2) is 0 Å². The number of piperazine rings is 1. The van der Waals surface area contributed by atoms with Crippen LogP contribution in [0.1, 0.15) is 10.4 Å². The Morgan fingerprint density at radius 1 is 0.944 bits per heavy atom. The second-order valence-electron chi connectivity index (χ2n) is 8.42. The lowest BCUT2D eigenvalue weighted by Gasteiger charge is -2.42. The lowest BCUT2D eigenvalue weighted by Crippen LogP contribution is -2.54. The molecule has 0 aliphatic carbocycles. The van der Waals surface area contributed by atoms with Crippen LogP contribution >= 0.6 is 22.9 Å². The third kappa shape index (κ3) is 4.79. The van der Waals surface area contributed by atoms with E-state index in [1.54, 1.807) is 18.1 Å². The maximum atomic E-state index is 13.6. The molecule has 2 aliphatic rings. The zero-order chi connectivity index (χ0) is 25.4. The van der Waals surface area contributed by atoms with Crippen molar-refractivity contribution >= 4 is 46.0 Å². The molecule has 3 aromatic rings. The predicted octanol–water partition coefficient (Wildman–Crippen LogP) is 6.27. The summed E-state index contributed by atoms with van der Waals surface area (Å²) < 4.78 is 52.2. The van der Waals surface area contributed by atoms with E-state index in [-0.39, 0.29) is 0 Å². The van der Waals surface area contributed by atoms with Crippen molar-refractivity contribution in [1.82, 2.24) is 4.90 Å². The smallest absolute Gasteiger partial charge is 0.416 e. The topological polar surface area (TPSA) is 40.5 Å². The van der Waals surface area contributed by atoms with Crippen molar-refractivity contribution < 1.29 is 22.6 Å². The van der Waals surface area contributed by atoms with Gasteiger partial charge in [0.05, 0.1) is 46.9 Å². The Hall–Kier alpha value is -3.11. The van der Waals surface area contributed by atoms with E-state index in [0.717, 1.165) is 47.2 Å². The van der Waals surface area contributed by atoms with Gasteiger partial charge in [-0.2, -0.15) is 13.2 Å². The fourth-order valence-electron chi connectivity index (χ4n) is 4.46. The number of fused-ring (bicyclic) bond motifs is 1. The van der Waals surface area contributed by atoms with E-state index >= 15 is 0 Å². The summed E-state index contributed by atoms with van der Waals surface area (Å²) in [4.78, 5) is 11.9. The minimum atomic E-state index is -4.48. The number of rotatable bonds is 4. The average Bonchev–Trinajstić information content (AvgIpc) is 3.26. The number of nitrogens with zero attached hydrogens (tertiary/aromatic N) is 4. The molecule has 0 atom stereocenters. The Morgan fingerprint density at radius 2 is 1.69 bits per heavy atom. The van der Waals surface area contributed by atoms with Crippen molar-refractivity contribution in [1.29, 1.82) is 0 Å². The summed E-state index contributed by atoms with van der Waals surface area (Å²) in [5.74, 6) is 1.72. The van der Waals surface area contributed by atoms with Gasteiger partial charge in [-0.25, -0.2) is 4.99 Å². The van der Waals surface area contributed by atoms with Crippen LogP contribution in [0.25, 0.3) is 0 Å². The third-order valence-electron chi connectivity index (χ3n) is 6.30. The number of thiophene rings is 1. The summed E-state index contributed by atoms with van der Waals surface area (Å²) in [6.45, 7) is 3.06. The number of alkyl halides is 3. The number of halogens is 4. The molecule has 0 bridgehead atoms. The molecule has 2 aliphatic heterocycles. The van der Waals surface area contributed by atoms with Gasteiger partial charge >= 0.3 is 6.18 Å². The molecule has 3 heterocycles. The van der Waals surface area contributed by atoms with Gasteiger partial charge in [0.1, 0.15) is 11.5 Å². The van der Waals surface area contributed by atoms with Crippen LogP contribution in [0, 0.1) is 0 Å². The van der Waals surface area contributed by atoms with Gasteiger partial charge in [0.25, 0.3) is 0 Å². The lowest BCUT2D eigenvalue weighted by molar-refractivity contribution is -0.137. The molecule has 2 aromatic carbocycles. The predicted molar refractivity (Wildman–Crippen MR) is 137 cm³/mol. The van der Waals surface area contributed by atoms with Crippen LogP contribution in [-0.4, -0.2) is 51.3 Å². The molecule has 11 heteroatoms. The lowest BCUT2D eigenvalue weighted by atomic mass is 10.1. The molecule has 190 valence electrons. The first-order chi connectivity index (χ1) is 17.3. The number of hydrogen-bond acceptors (Lipinski definition) is 7. The van der Waals surface area contributed by atoms with Gasteiger partial charge in [-0.1, -0.05) is 17.7 Å². The Kier molecular flexibility index (Phi) is 6.65. The highest BCUT2D eigenvalue weighted by molar-refractivity contribution is 7.16. The average molecular weight is 537 g/mol.